The van der Waals surface area contributed by atoms with E-state index < -0.39 is 17.9 Å². The molecule has 0 aromatic carbocycles. The van der Waals surface area contributed by atoms with Crippen molar-refractivity contribution in [1.82, 2.24) is 15.5 Å². The predicted molar refractivity (Wildman–Crippen MR) is 71.3 cm³/mol. The molecule has 110 valence electrons. The summed E-state index contributed by atoms with van der Waals surface area (Å²) in [6, 6.07) is 2.48. The van der Waals surface area contributed by atoms with Gasteiger partial charge in [0.2, 0.25) is 0 Å². The van der Waals surface area contributed by atoms with Crippen LogP contribution in [0, 0.1) is 0 Å². The van der Waals surface area contributed by atoms with Crippen LogP contribution in [0.15, 0.2) is 22.8 Å². The Morgan fingerprint density at radius 1 is 1.50 bits per heavy atom. The van der Waals surface area contributed by atoms with Crippen molar-refractivity contribution >= 4 is 11.9 Å². The first kappa shape index (κ1) is 14.5. The summed E-state index contributed by atoms with van der Waals surface area (Å²) < 4.78 is 9.76. The molecule has 1 aromatic heterocycles. The van der Waals surface area contributed by atoms with E-state index in [1.807, 2.05) is 0 Å². The van der Waals surface area contributed by atoms with Gasteiger partial charge in [-0.15, -0.1) is 0 Å². The highest BCUT2D eigenvalue weighted by Gasteiger charge is 2.26. The molecule has 1 aromatic rings. The Balaban J connectivity index is 1.96. The minimum Gasteiger partial charge on any atom is -0.467 e. The number of ether oxygens (including phenoxy) is 1. The van der Waals surface area contributed by atoms with Gasteiger partial charge >= 0.3 is 5.97 Å². The van der Waals surface area contributed by atoms with Crippen LogP contribution in [0.5, 0.6) is 0 Å². The number of carbonyl (C=O) groups is 2. The molecular formula is C13H19N3O4. The monoisotopic (exact) mass is 281 g/mol. The highest BCUT2D eigenvalue weighted by molar-refractivity contribution is 5.94. The second kappa shape index (κ2) is 7.06. The van der Waals surface area contributed by atoms with Crippen LogP contribution < -0.4 is 10.6 Å². The SMILES string of the molecule is COC(=O)C(CN1CCNCC1)NC(=O)c1ccco1. The Kier molecular flexibility index (Phi) is 5.14. The smallest absolute Gasteiger partial charge is 0.329 e. The van der Waals surface area contributed by atoms with E-state index in [1.54, 1.807) is 12.1 Å². The van der Waals surface area contributed by atoms with E-state index in [-0.39, 0.29) is 5.76 Å². The number of esters is 1. The molecule has 0 aliphatic carbocycles. The molecule has 1 aliphatic rings. The van der Waals surface area contributed by atoms with Crippen molar-refractivity contribution in [3.63, 3.8) is 0 Å². The largest absolute Gasteiger partial charge is 0.467 e. The third-order valence-electron chi connectivity index (χ3n) is 3.19. The van der Waals surface area contributed by atoms with Crippen molar-refractivity contribution in [3.8, 4) is 0 Å². The summed E-state index contributed by atoms with van der Waals surface area (Å²) in [6.45, 7) is 3.86. The first-order valence-electron chi connectivity index (χ1n) is 6.56. The van der Waals surface area contributed by atoms with Gasteiger partial charge in [-0.05, 0) is 12.1 Å². The van der Waals surface area contributed by atoms with Gasteiger partial charge in [0.15, 0.2) is 5.76 Å². The maximum Gasteiger partial charge on any atom is 0.329 e. The zero-order valence-corrected chi connectivity index (χ0v) is 11.4. The van der Waals surface area contributed by atoms with Gasteiger partial charge in [0, 0.05) is 32.7 Å². The lowest BCUT2D eigenvalue weighted by Gasteiger charge is -2.30. The molecule has 1 aliphatic heterocycles. The second-order valence-corrected chi connectivity index (χ2v) is 4.58. The molecule has 1 amide bonds. The molecule has 1 saturated heterocycles. The number of methoxy groups -OCH3 is 1. The van der Waals surface area contributed by atoms with E-state index in [4.69, 9.17) is 9.15 Å². The molecular weight excluding hydrogens is 262 g/mol. The van der Waals surface area contributed by atoms with Gasteiger partial charge in [0.1, 0.15) is 6.04 Å². The lowest BCUT2D eigenvalue weighted by molar-refractivity contribution is -0.143. The number of hydrogen-bond donors (Lipinski definition) is 2. The van der Waals surface area contributed by atoms with Crippen molar-refractivity contribution in [3.05, 3.63) is 24.2 Å². The maximum absolute atomic E-state index is 11.9. The van der Waals surface area contributed by atoms with E-state index in [2.05, 4.69) is 15.5 Å². The average Bonchev–Trinajstić information content (AvgIpc) is 3.01. The third-order valence-corrected chi connectivity index (χ3v) is 3.19. The lowest BCUT2D eigenvalue weighted by Crippen LogP contribution is -2.53. The molecule has 0 radical (unpaired) electrons. The van der Waals surface area contributed by atoms with Gasteiger partial charge in [0.05, 0.1) is 13.4 Å². The highest BCUT2D eigenvalue weighted by atomic mass is 16.5. The van der Waals surface area contributed by atoms with E-state index in [0.29, 0.717) is 6.54 Å². The summed E-state index contributed by atoms with van der Waals surface area (Å²) in [5.74, 6) is -0.691. The summed E-state index contributed by atoms with van der Waals surface area (Å²) in [5, 5.41) is 5.88. The first-order chi connectivity index (χ1) is 9.70. The standard InChI is InChI=1S/C13H19N3O4/c1-19-13(18)10(9-16-6-4-14-5-7-16)15-12(17)11-3-2-8-20-11/h2-3,8,10,14H,4-7,9H2,1H3,(H,15,17). The Bertz CT molecular complexity index is 440. The van der Waals surface area contributed by atoms with E-state index in [0.717, 1.165) is 26.2 Å². The Morgan fingerprint density at radius 2 is 2.25 bits per heavy atom. The van der Waals surface area contributed by atoms with Gasteiger partial charge in [-0.25, -0.2) is 4.79 Å². The number of amides is 1. The van der Waals surface area contributed by atoms with E-state index >= 15 is 0 Å². The summed E-state index contributed by atoms with van der Waals surface area (Å²) in [5.41, 5.74) is 0. The molecule has 7 nitrogen and oxygen atoms in total. The molecule has 0 saturated carbocycles. The lowest BCUT2D eigenvalue weighted by atomic mass is 10.2. The molecule has 7 heteroatoms. The third kappa shape index (κ3) is 3.82. The Labute approximate surface area is 117 Å². The molecule has 2 heterocycles. The molecule has 1 atom stereocenters. The average molecular weight is 281 g/mol. The van der Waals surface area contributed by atoms with Crippen molar-refractivity contribution < 1.29 is 18.7 Å². The first-order valence-corrected chi connectivity index (χ1v) is 6.56. The van der Waals surface area contributed by atoms with Gasteiger partial charge in [-0.2, -0.15) is 0 Å². The summed E-state index contributed by atoms with van der Waals surface area (Å²) in [6.07, 6.45) is 1.42. The van der Waals surface area contributed by atoms with Crippen molar-refractivity contribution in [2.45, 2.75) is 6.04 Å². The van der Waals surface area contributed by atoms with Crippen LogP contribution in [0.4, 0.5) is 0 Å². The topological polar surface area (TPSA) is 83.8 Å². The fourth-order valence-corrected chi connectivity index (χ4v) is 2.11. The maximum atomic E-state index is 11.9. The fourth-order valence-electron chi connectivity index (χ4n) is 2.11. The molecule has 2 N–H and O–H groups in total. The van der Waals surface area contributed by atoms with E-state index in [1.165, 1.54) is 13.4 Å². The zero-order valence-electron chi connectivity index (χ0n) is 11.4. The van der Waals surface area contributed by atoms with Crippen LogP contribution >= 0.6 is 0 Å². The van der Waals surface area contributed by atoms with Gasteiger partial charge in [0.25, 0.3) is 5.91 Å². The molecule has 0 spiro atoms. The van der Waals surface area contributed by atoms with Crippen LogP contribution in [0.3, 0.4) is 0 Å². The van der Waals surface area contributed by atoms with Crippen molar-refractivity contribution in [2.24, 2.45) is 0 Å². The summed E-state index contributed by atoms with van der Waals surface area (Å²) in [4.78, 5) is 25.8. The number of nitrogens with one attached hydrogen (secondary N) is 2. The van der Waals surface area contributed by atoms with Crippen LogP contribution in [0.25, 0.3) is 0 Å². The number of furan rings is 1. The minimum absolute atomic E-state index is 0.180. The zero-order chi connectivity index (χ0) is 14.4. The van der Waals surface area contributed by atoms with Crippen LogP contribution in [-0.4, -0.2) is 62.7 Å². The summed E-state index contributed by atoms with van der Waals surface area (Å²) in [7, 11) is 1.31. The second-order valence-electron chi connectivity index (χ2n) is 4.58. The number of piperazine rings is 1. The number of carbonyl (C=O) groups excluding carboxylic acids is 2. The molecule has 0 bridgehead atoms. The normalized spacial score (nSPS) is 17.4. The summed E-state index contributed by atoms with van der Waals surface area (Å²) >= 11 is 0. The quantitative estimate of drug-likeness (QED) is 0.705. The molecule has 1 fully saturated rings. The van der Waals surface area contributed by atoms with Crippen LogP contribution in [-0.2, 0) is 9.53 Å². The Morgan fingerprint density at radius 3 is 2.85 bits per heavy atom. The van der Waals surface area contributed by atoms with Gasteiger partial charge in [-0.1, -0.05) is 0 Å². The van der Waals surface area contributed by atoms with Gasteiger partial charge < -0.3 is 19.8 Å². The van der Waals surface area contributed by atoms with Crippen molar-refractivity contribution in [1.29, 1.82) is 0 Å². The number of hydrogen-bond acceptors (Lipinski definition) is 6. The van der Waals surface area contributed by atoms with Crippen LogP contribution in [0.2, 0.25) is 0 Å². The van der Waals surface area contributed by atoms with Crippen molar-refractivity contribution in [2.75, 3.05) is 39.8 Å². The Hall–Kier alpha value is -1.86. The fraction of sp³-hybridized carbons (Fsp3) is 0.538. The molecule has 2 rings (SSSR count). The van der Waals surface area contributed by atoms with Gasteiger partial charge in [-0.3, -0.25) is 9.69 Å². The molecule has 1 unspecified atom stereocenters. The van der Waals surface area contributed by atoms with Crippen LogP contribution in [0.1, 0.15) is 10.6 Å². The number of nitrogens with zero attached hydrogens (tertiary/aromatic N) is 1. The minimum atomic E-state index is -0.698. The number of rotatable bonds is 5. The predicted octanol–water partition coefficient (Wildman–Crippen LogP) is -0.544. The highest BCUT2D eigenvalue weighted by Crippen LogP contribution is 2.03. The molecule has 20 heavy (non-hydrogen) atoms. The van der Waals surface area contributed by atoms with E-state index in [9.17, 15) is 9.59 Å².